The average Bonchev–Trinajstić information content (AvgIpc) is 2.65. The molecule has 9 heteroatoms. The monoisotopic (exact) mass is 395 g/mol. The summed E-state index contributed by atoms with van der Waals surface area (Å²) in [4.78, 5) is 12.5. The van der Waals surface area contributed by atoms with Crippen LogP contribution in [0.15, 0.2) is 35.2 Å². The molecule has 0 saturated carbocycles. The molecule has 0 heterocycles. The van der Waals surface area contributed by atoms with Crippen LogP contribution in [0, 0.1) is 0 Å². The molecule has 2 aromatic carbocycles. The Bertz CT molecular complexity index is 929. The van der Waals surface area contributed by atoms with Gasteiger partial charge in [-0.05, 0) is 18.2 Å². The number of rotatable bonds is 7. The number of carbonyl (C=O) groups excluding carboxylic acids is 1. The summed E-state index contributed by atoms with van der Waals surface area (Å²) in [5.74, 6) is 0.804. The molecule has 0 aliphatic heterocycles. The van der Waals surface area contributed by atoms with Crippen LogP contribution in [0.1, 0.15) is 10.4 Å². The summed E-state index contributed by atoms with van der Waals surface area (Å²) in [5.41, 5.74) is 0.552. The minimum atomic E-state index is -3.57. The third kappa shape index (κ3) is 4.43. The van der Waals surface area contributed by atoms with Crippen molar-refractivity contribution in [3.8, 4) is 23.0 Å². The molecule has 27 heavy (non-hydrogen) atoms. The van der Waals surface area contributed by atoms with E-state index in [2.05, 4.69) is 5.32 Å². The first-order valence-electron chi connectivity index (χ1n) is 7.74. The fourth-order valence-electron chi connectivity index (χ4n) is 2.46. The van der Waals surface area contributed by atoms with Crippen LogP contribution in [-0.2, 0) is 9.84 Å². The number of anilines is 1. The number of methoxy groups -OCH3 is 4. The summed E-state index contributed by atoms with van der Waals surface area (Å²) in [7, 11) is 2.20. The number of amides is 1. The Morgan fingerprint density at radius 1 is 0.852 bits per heavy atom. The lowest BCUT2D eigenvalue weighted by Gasteiger charge is -2.15. The first kappa shape index (κ1) is 20.4. The minimum absolute atomic E-state index is 0.0671. The lowest BCUT2D eigenvalue weighted by atomic mass is 10.2. The molecular formula is C18H21NO7S. The highest BCUT2D eigenvalue weighted by molar-refractivity contribution is 7.90. The molecule has 0 radical (unpaired) electrons. The number of hydrogen-bond acceptors (Lipinski definition) is 7. The largest absolute Gasteiger partial charge is 0.495 e. The number of sulfone groups is 1. The van der Waals surface area contributed by atoms with E-state index in [-0.39, 0.29) is 16.2 Å². The van der Waals surface area contributed by atoms with Gasteiger partial charge in [-0.1, -0.05) is 0 Å². The molecule has 0 aliphatic rings. The van der Waals surface area contributed by atoms with E-state index < -0.39 is 15.7 Å². The summed E-state index contributed by atoms with van der Waals surface area (Å²) in [6.45, 7) is 0. The maximum absolute atomic E-state index is 12.6. The Labute approximate surface area is 157 Å². The third-order valence-electron chi connectivity index (χ3n) is 3.75. The highest BCUT2D eigenvalue weighted by atomic mass is 32.2. The second kappa shape index (κ2) is 8.17. The summed E-state index contributed by atoms with van der Waals surface area (Å²) < 4.78 is 44.6. The van der Waals surface area contributed by atoms with Gasteiger partial charge in [-0.15, -0.1) is 0 Å². The van der Waals surface area contributed by atoms with Gasteiger partial charge in [0.25, 0.3) is 5.91 Å². The van der Waals surface area contributed by atoms with Gasteiger partial charge in [0, 0.05) is 29.6 Å². The smallest absolute Gasteiger partial charge is 0.255 e. The van der Waals surface area contributed by atoms with Crippen molar-refractivity contribution in [1.29, 1.82) is 0 Å². The van der Waals surface area contributed by atoms with Crippen LogP contribution in [-0.4, -0.2) is 49.0 Å². The van der Waals surface area contributed by atoms with Gasteiger partial charge in [0.05, 0.1) is 28.4 Å². The molecule has 8 nitrogen and oxygen atoms in total. The van der Waals surface area contributed by atoms with Gasteiger partial charge in [0.1, 0.15) is 10.6 Å². The molecule has 0 bridgehead atoms. The van der Waals surface area contributed by atoms with Crippen molar-refractivity contribution >= 4 is 21.4 Å². The van der Waals surface area contributed by atoms with Gasteiger partial charge in [-0.25, -0.2) is 8.42 Å². The van der Waals surface area contributed by atoms with Gasteiger partial charge in [0.15, 0.2) is 21.3 Å². The van der Waals surface area contributed by atoms with Crippen molar-refractivity contribution in [2.45, 2.75) is 4.90 Å². The van der Waals surface area contributed by atoms with Gasteiger partial charge in [-0.2, -0.15) is 0 Å². The van der Waals surface area contributed by atoms with Crippen molar-refractivity contribution in [2.75, 3.05) is 40.0 Å². The highest BCUT2D eigenvalue weighted by Gasteiger charge is 2.19. The number of nitrogens with one attached hydrogen (secondary N) is 1. The molecule has 0 spiro atoms. The molecule has 0 unspecified atom stereocenters. The number of carbonyl (C=O) groups is 1. The Balaban J connectivity index is 2.41. The average molecular weight is 395 g/mol. The van der Waals surface area contributed by atoms with Crippen LogP contribution < -0.4 is 24.3 Å². The Hall–Kier alpha value is -2.94. The van der Waals surface area contributed by atoms with Gasteiger partial charge in [-0.3, -0.25) is 4.79 Å². The first-order valence-corrected chi connectivity index (χ1v) is 9.63. The zero-order chi connectivity index (χ0) is 20.2. The van der Waals surface area contributed by atoms with Gasteiger partial charge >= 0.3 is 0 Å². The molecule has 1 N–H and O–H groups in total. The summed E-state index contributed by atoms with van der Waals surface area (Å²) in [6, 6.07) is 7.31. The molecule has 0 aromatic heterocycles. The van der Waals surface area contributed by atoms with Crippen molar-refractivity contribution < 1.29 is 32.2 Å². The Kier molecular flexibility index (Phi) is 6.17. The second-order valence-corrected chi connectivity index (χ2v) is 7.49. The molecule has 2 rings (SSSR count). The number of benzene rings is 2. The van der Waals surface area contributed by atoms with Crippen molar-refractivity contribution in [1.82, 2.24) is 0 Å². The highest BCUT2D eigenvalue weighted by Crippen LogP contribution is 2.40. The molecule has 2 aromatic rings. The van der Waals surface area contributed by atoms with Crippen LogP contribution in [0.3, 0.4) is 0 Å². The Morgan fingerprint density at radius 2 is 1.41 bits per heavy atom. The summed E-state index contributed by atoms with van der Waals surface area (Å²) in [6.07, 6.45) is 1.05. The van der Waals surface area contributed by atoms with Gasteiger partial charge in [0.2, 0.25) is 5.75 Å². The Morgan fingerprint density at radius 3 is 1.85 bits per heavy atom. The lowest BCUT2D eigenvalue weighted by molar-refractivity contribution is 0.102. The lowest BCUT2D eigenvalue weighted by Crippen LogP contribution is -2.13. The normalized spacial score (nSPS) is 10.9. The van der Waals surface area contributed by atoms with Crippen LogP contribution in [0.4, 0.5) is 5.69 Å². The standard InChI is InChI=1S/C18H21NO7S/c1-23-13-7-6-11(8-16(13)27(5,21)22)18(20)19-12-9-14(24-2)17(26-4)15(10-12)25-3/h6-10H,1-5H3,(H,19,20). The van der Waals surface area contributed by atoms with Crippen LogP contribution in [0.25, 0.3) is 0 Å². The SMILES string of the molecule is COc1ccc(C(=O)Nc2cc(OC)c(OC)c(OC)c2)cc1S(C)(=O)=O. The zero-order valence-corrected chi connectivity index (χ0v) is 16.5. The molecule has 0 aliphatic carbocycles. The second-order valence-electron chi connectivity index (χ2n) is 5.51. The van der Waals surface area contributed by atoms with E-state index in [9.17, 15) is 13.2 Å². The van der Waals surface area contributed by atoms with Crippen LogP contribution in [0.5, 0.6) is 23.0 Å². The van der Waals surface area contributed by atoms with E-state index in [0.29, 0.717) is 22.9 Å². The van der Waals surface area contributed by atoms with E-state index in [1.807, 2.05) is 0 Å². The van der Waals surface area contributed by atoms with E-state index >= 15 is 0 Å². The number of ether oxygens (including phenoxy) is 4. The topological polar surface area (TPSA) is 100 Å². The molecule has 0 atom stereocenters. The summed E-state index contributed by atoms with van der Waals surface area (Å²) >= 11 is 0. The van der Waals surface area contributed by atoms with E-state index in [0.717, 1.165) is 6.26 Å². The fourth-order valence-corrected chi connectivity index (χ4v) is 3.32. The fraction of sp³-hybridized carbons (Fsp3) is 0.278. The maximum Gasteiger partial charge on any atom is 0.255 e. The van der Waals surface area contributed by atoms with Crippen molar-refractivity contribution in [2.24, 2.45) is 0 Å². The van der Waals surface area contributed by atoms with Crippen molar-refractivity contribution in [3.63, 3.8) is 0 Å². The van der Waals surface area contributed by atoms with Crippen molar-refractivity contribution in [3.05, 3.63) is 35.9 Å². The van der Waals surface area contributed by atoms with Crippen LogP contribution in [0.2, 0.25) is 0 Å². The molecule has 1 amide bonds. The quantitative estimate of drug-likeness (QED) is 0.768. The third-order valence-corrected chi connectivity index (χ3v) is 4.87. The van der Waals surface area contributed by atoms with E-state index in [1.165, 1.54) is 46.6 Å². The molecule has 0 saturated heterocycles. The molecule has 0 fully saturated rings. The predicted molar refractivity (Wildman–Crippen MR) is 100 cm³/mol. The van der Waals surface area contributed by atoms with Crippen LogP contribution >= 0.6 is 0 Å². The molecular weight excluding hydrogens is 374 g/mol. The zero-order valence-electron chi connectivity index (χ0n) is 15.7. The number of hydrogen-bond donors (Lipinski definition) is 1. The molecule has 146 valence electrons. The summed E-state index contributed by atoms with van der Waals surface area (Å²) in [5, 5.41) is 2.68. The first-order chi connectivity index (χ1) is 12.7. The van der Waals surface area contributed by atoms with E-state index in [4.69, 9.17) is 18.9 Å². The van der Waals surface area contributed by atoms with Gasteiger partial charge < -0.3 is 24.3 Å². The predicted octanol–water partition coefficient (Wildman–Crippen LogP) is 2.38. The minimum Gasteiger partial charge on any atom is -0.495 e. The van der Waals surface area contributed by atoms with E-state index in [1.54, 1.807) is 12.1 Å². The maximum atomic E-state index is 12.6.